The van der Waals surface area contributed by atoms with Gasteiger partial charge in [0, 0.05) is 12.0 Å². The van der Waals surface area contributed by atoms with Crippen LogP contribution < -0.4 is 4.74 Å². The lowest BCUT2D eigenvalue weighted by molar-refractivity contribution is -0.136. The van der Waals surface area contributed by atoms with Gasteiger partial charge >= 0.3 is 5.97 Å². The molecule has 0 aliphatic rings. The third-order valence-electron chi connectivity index (χ3n) is 2.23. The summed E-state index contributed by atoms with van der Waals surface area (Å²) in [6, 6.07) is 3.14. The largest absolute Gasteiger partial charge is 0.504 e. The first-order valence-electron chi connectivity index (χ1n) is 4.80. The fourth-order valence-corrected chi connectivity index (χ4v) is 1.40. The van der Waals surface area contributed by atoms with Crippen LogP contribution >= 0.6 is 0 Å². The first kappa shape index (κ1) is 12.3. The Morgan fingerprint density at radius 2 is 2.12 bits per heavy atom. The van der Waals surface area contributed by atoms with Gasteiger partial charge in [-0.1, -0.05) is 0 Å². The van der Waals surface area contributed by atoms with Crippen molar-refractivity contribution in [3.8, 4) is 11.5 Å². The Kier molecular flexibility index (Phi) is 4.13. The van der Waals surface area contributed by atoms with Crippen LogP contribution in [0.5, 0.6) is 11.5 Å². The van der Waals surface area contributed by atoms with E-state index in [0.29, 0.717) is 17.5 Å². The van der Waals surface area contributed by atoms with Gasteiger partial charge in [-0.2, -0.15) is 0 Å². The van der Waals surface area contributed by atoms with Gasteiger partial charge in [-0.15, -0.1) is 0 Å². The van der Waals surface area contributed by atoms with E-state index in [0.717, 1.165) is 0 Å². The fourth-order valence-electron chi connectivity index (χ4n) is 1.40. The van der Waals surface area contributed by atoms with Gasteiger partial charge in [0.1, 0.15) is 0 Å². The van der Waals surface area contributed by atoms with E-state index in [1.54, 1.807) is 12.1 Å². The number of carboxylic acids is 1. The van der Waals surface area contributed by atoms with Gasteiger partial charge in [0.05, 0.1) is 13.7 Å². The highest BCUT2D eigenvalue weighted by Gasteiger charge is 2.10. The average Bonchev–Trinajstić information content (AvgIpc) is 2.27. The minimum absolute atomic E-state index is 0.00119. The zero-order valence-electron chi connectivity index (χ0n) is 8.93. The van der Waals surface area contributed by atoms with E-state index in [1.807, 2.05) is 0 Å². The van der Waals surface area contributed by atoms with E-state index in [9.17, 15) is 9.90 Å². The van der Waals surface area contributed by atoms with Crippen molar-refractivity contribution >= 4 is 5.97 Å². The van der Waals surface area contributed by atoms with Crippen molar-refractivity contribution in [2.45, 2.75) is 19.4 Å². The molecular formula is C11H14O5. The second-order valence-electron chi connectivity index (χ2n) is 3.36. The Labute approximate surface area is 92.9 Å². The van der Waals surface area contributed by atoms with Crippen molar-refractivity contribution in [3.05, 3.63) is 23.3 Å². The fraction of sp³-hybridized carbons (Fsp3) is 0.364. The lowest BCUT2D eigenvalue weighted by Crippen LogP contribution is -1.99. The molecule has 0 fully saturated rings. The topological polar surface area (TPSA) is 87.0 Å². The van der Waals surface area contributed by atoms with Crippen LogP contribution in [0.3, 0.4) is 0 Å². The summed E-state index contributed by atoms with van der Waals surface area (Å²) in [6.07, 6.45) is 0.331. The summed E-state index contributed by atoms with van der Waals surface area (Å²) in [5.41, 5.74) is 1.04. The Hall–Kier alpha value is -1.75. The number of aliphatic hydroxyl groups excluding tert-OH is 1. The van der Waals surface area contributed by atoms with Crippen molar-refractivity contribution in [3.63, 3.8) is 0 Å². The number of hydrogen-bond donors (Lipinski definition) is 3. The highest BCUT2D eigenvalue weighted by atomic mass is 16.5. The molecule has 3 N–H and O–H groups in total. The van der Waals surface area contributed by atoms with Gasteiger partial charge in [-0.3, -0.25) is 4.79 Å². The molecule has 1 aromatic carbocycles. The van der Waals surface area contributed by atoms with E-state index >= 15 is 0 Å². The number of aliphatic hydroxyl groups is 1. The number of aromatic hydroxyl groups is 1. The van der Waals surface area contributed by atoms with Crippen LogP contribution in [-0.4, -0.2) is 28.4 Å². The maximum absolute atomic E-state index is 10.4. The SMILES string of the molecule is COc1cc(CCC(=O)O)cc(CO)c1O. The number of ether oxygens (including phenoxy) is 1. The van der Waals surface area contributed by atoms with Crippen LogP contribution in [0.25, 0.3) is 0 Å². The van der Waals surface area contributed by atoms with E-state index in [-0.39, 0.29) is 24.5 Å². The molecule has 0 amide bonds. The molecule has 0 aromatic heterocycles. The van der Waals surface area contributed by atoms with Crippen molar-refractivity contribution < 1.29 is 24.9 Å². The molecule has 1 rings (SSSR count). The number of aryl methyl sites for hydroxylation is 1. The molecule has 0 atom stereocenters. The van der Waals surface area contributed by atoms with Gasteiger partial charge in [0.2, 0.25) is 0 Å². The quantitative estimate of drug-likeness (QED) is 0.694. The molecule has 5 nitrogen and oxygen atoms in total. The summed E-state index contributed by atoms with van der Waals surface area (Å²) in [7, 11) is 1.40. The predicted octanol–water partition coefficient (Wildman–Crippen LogP) is 0.910. The van der Waals surface area contributed by atoms with Crippen molar-refractivity contribution in [1.29, 1.82) is 0 Å². The number of rotatable bonds is 5. The van der Waals surface area contributed by atoms with Crippen LogP contribution in [0.4, 0.5) is 0 Å². The van der Waals surface area contributed by atoms with E-state index in [1.165, 1.54) is 7.11 Å². The van der Waals surface area contributed by atoms with Gasteiger partial charge in [0.25, 0.3) is 0 Å². The third kappa shape index (κ3) is 2.87. The molecule has 0 spiro atoms. The molecule has 0 unspecified atom stereocenters. The van der Waals surface area contributed by atoms with Crippen LogP contribution in [0.15, 0.2) is 12.1 Å². The third-order valence-corrected chi connectivity index (χ3v) is 2.23. The first-order valence-corrected chi connectivity index (χ1v) is 4.80. The molecule has 0 radical (unpaired) electrons. The summed E-state index contributed by atoms with van der Waals surface area (Å²) in [6.45, 7) is -0.316. The molecule has 0 aliphatic heterocycles. The van der Waals surface area contributed by atoms with Crippen LogP contribution in [0.2, 0.25) is 0 Å². The Morgan fingerprint density at radius 1 is 1.44 bits per heavy atom. The molecule has 0 saturated heterocycles. The molecule has 0 aliphatic carbocycles. The van der Waals surface area contributed by atoms with Crippen LogP contribution in [0, 0.1) is 0 Å². The summed E-state index contributed by atoms with van der Waals surface area (Å²) >= 11 is 0. The maximum atomic E-state index is 10.4. The normalized spacial score (nSPS) is 10.1. The number of carbonyl (C=O) groups is 1. The zero-order valence-corrected chi connectivity index (χ0v) is 8.93. The minimum Gasteiger partial charge on any atom is -0.504 e. The average molecular weight is 226 g/mol. The zero-order chi connectivity index (χ0) is 12.1. The Morgan fingerprint density at radius 3 is 2.62 bits per heavy atom. The molecule has 0 heterocycles. The lowest BCUT2D eigenvalue weighted by Gasteiger charge is -2.10. The second kappa shape index (κ2) is 5.37. The molecule has 0 bridgehead atoms. The molecule has 88 valence electrons. The predicted molar refractivity (Wildman–Crippen MR) is 56.5 cm³/mol. The monoisotopic (exact) mass is 226 g/mol. The lowest BCUT2D eigenvalue weighted by atomic mass is 10.0. The van der Waals surface area contributed by atoms with E-state index in [2.05, 4.69) is 0 Å². The summed E-state index contributed by atoms with van der Waals surface area (Å²) < 4.78 is 4.93. The molecule has 1 aromatic rings. The van der Waals surface area contributed by atoms with Crippen molar-refractivity contribution in [2.75, 3.05) is 7.11 Å². The summed E-state index contributed by atoms with van der Waals surface area (Å²) in [4.78, 5) is 10.4. The highest BCUT2D eigenvalue weighted by Crippen LogP contribution is 2.31. The smallest absolute Gasteiger partial charge is 0.303 e. The van der Waals surface area contributed by atoms with Crippen LogP contribution in [0.1, 0.15) is 17.5 Å². The summed E-state index contributed by atoms with van der Waals surface area (Å²) in [5, 5.41) is 27.2. The van der Waals surface area contributed by atoms with E-state index in [4.69, 9.17) is 14.9 Å². The molecular weight excluding hydrogens is 212 g/mol. The molecule has 5 heteroatoms. The van der Waals surface area contributed by atoms with Crippen LogP contribution in [-0.2, 0) is 17.8 Å². The number of aliphatic carboxylic acids is 1. The molecule has 0 saturated carbocycles. The Bertz CT molecular complexity index is 361. The first-order chi connectivity index (χ1) is 7.58. The minimum atomic E-state index is -0.891. The number of phenols is 1. The van der Waals surface area contributed by atoms with Gasteiger partial charge < -0.3 is 20.1 Å². The maximum Gasteiger partial charge on any atom is 0.303 e. The number of carboxylic acid groups (broad SMARTS) is 1. The second-order valence-corrected chi connectivity index (χ2v) is 3.36. The van der Waals surface area contributed by atoms with Gasteiger partial charge in [-0.05, 0) is 24.1 Å². The standard InChI is InChI=1S/C11H14O5/c1-16-9-5-7(2-3-10(13)14)4-8(6-12)11(9)15/h4-5,12,15H,2-3,6H2,1H3,(H,13,14). The van der Waals surface area contributed by atoms with Crippen molar-refractivity contribution in [1.82, 2.24) is 0 Å². The van der Waals surface area contributed by atoms with Crippen molar-refractivity contribution in [2.24, 2.45) is 0 Å². The summed E-state index contributed by atoms with van der Waals surface area (Å²) in [5.74, 6) is -0.756. The highest BCUT2D eigenvalue weighted by molar-refractivity contribution is 5.67. The number of hydrogen-bond acceptors (Lipinski definition) is 4. The van der Waals surface area contributed by atoms with Gasteiger partial charge in [-0.25, -0.2) is 0 Å². The van der Waals surface area contributed by atoms with Gasteiger partial charge in [0.15, 0.2) is 11.5 Å². The Balaban J connectivity index is 2.97. The number of methoxy groups -OCH3 is 1. The molecule has 16 heavy (non-hydrogen) atoms. The van der Waals surface area contributed by atoms with E-state index < -0.39 is 5.97 Å². The number of benzene rings is 1.